The molecule has 31 heavy (non-hydrogen) atoms. The summed E-state index contributed by atoms with van der Waals surface area (Å²) in [6.07, 6.45) is 0. The van der Waals surface area contributed by atoms with Crippen molar-refractivity contribution in [3.8, 4) is 5.75 Å². The number of amides is 1. The average Bonchev–Trinajstić information content (AvgIpc) is 3.05. The zero-order chi connectivity index (χ0) is 22.0. The number of hydrogen-bond donors (Lipinski definition) is 0. The van der Waals surface area contributed by atoms with Gasteiger partial charge >= 0.3 is 5.97 Å². The first-order valence-electron chi connectivity index (χ1n) is 10.2. The fourth-order valence-corrected chi connectivity index (χ4v) is 4.70. The van der Waals surface area contributed by atoms with Crippen LogP contribution in [0.1, 0.15) is 37.9 Å². The maximum atomic E-state index is 12.9. The fraction of sp³-hybridized carbons (Fsp3) is 0.292. The van der Waals surface area contributed by atoms with Crippen molar-refractivity contribution in [3.63, 3.8) is 0 Å². The van der Waals surface area contributed by atoms with Crippen LogP contribution in [0.3, 0.4) is 0 Å². The lowest BCUT2D eigenvalue weighted by molar-refractivity contribution is -0.139. The second-order valence-electron chi connectivity index (χ2n) is 7.33. The molecule has 1 fully saturated rings. The number of allylic oxidation sites excluding steroid dienone is 1. The number of aliphatic imine (C=N–C) groups is 1. The van der Waals surface area contributed by atoms with Crippen LogP contribution in [0.2, 0.25) is 0 Å². The third-order valence-electron chi connectivity index (χ3n) is 5.20. The van der Waals surface area contributed by atoms with E-state index in [1.165, 1.54) is 11.8 Å². The van der Waals surface area contributed by atoms with Crippen molar-refractivity contribution in [3.05, 3.63) is 77.0 Å². The summed E-state index contributed by atoms with van der Waals surface area (Å²) in [4.78, 5) is 31.8. The number of fused-ring (bicyclic) bond motifs is 1. The van der Waals surface area contributed by atoms with E-state index in [1.54, 1.807) is 18.7 Å². The van der Waals surface area contributed by atoms with Gasteiger partial charge in [-0.2, -0.15) is 0 Å². The second-order valence-corrected chi connectivity index (χ2v) is 8.64. The summed E-state index contributed by atoms with van der Waals surface area (Å²) in [5.41, 5.74) is 2.86. The van der Waals surface area contributed by atoms with E-state index in [1.807, 2.05) is 61.5 Å². The zero-order valence-corrected chi connectivity index (χ0v) is 18.5. The Labute approximate surface area is 185 Å². The number of amidine groups is 1. The minimum Gasteiger partial charge on any atom is -0.489 e. The topological polar surface area (TPSA) is 68.2 Å². The Balaban J connectivity index is 1.63. The molecule has 4 rings (SSSR count). The van der Waals surface area contributed by atoms with Crippen LogP contribution in [0.5, 0.6) is 5.75 Å². The van der Waals surface area contributed by atoms with Crippen molar-refractivity contribution in [2.24, 2.45) is 4.99 Å². The van der Waals surface area contributed by atoms with Gasteiger partial charge in [-0.15, -0.1) is 0 Å². The number of carbonyl (C=O) groups excluding carboxylic acids is 2. The number of thioether (sulfide) groups is 1. The van der Waals surface area contributed by atoms with Crippen LogP contribution in [-0.2, 0) is 20.9 Å². The predicted molar refractivity (Wildman–Crippen MR) is 121 cm³/mol. The van der Waals surface area contributed by atoms with Crippen molar-refractivity contribution in [2.75, 3.05) is 6.61 Å². The maximum absolute atomic E-state index is 12.9. The molecule has 0 saturated carbocycles. The normalized spacial score (nSPS) is 20.4. The summed E-state index contributed by atoms with van der Waals surface area (Å²) in [5.74, 6) is 0.202. The van der Waals surface area contributed by atoms with Gasteiger partial charge in [0.2, 0.25) is 5.91 Å². The van der Waals surface area contributed by atoms with Gasteiger partial charge in [0.05, 0.1) is 29.2 Å². The van der Waals surface area contributed by atoms with Gasteiger partial charge in [-0.3, -0.25) is 9.69 Å². The lowest BCUT2D eigenvalue weighted by Gasteiger charge is -2.33. The molecule has 2 atom stereocenters. The Hall–Kier alpha value is -3.06. The van der Waals surface area contributed by atoms with Gasteiger partial charge in [-0.25, -0.2) is 9.79 Å². The summed E-state index contributed by atoms with van der Waals surface area (Å²) >= 11 is 1.41. The van der Waals surface area contributed by atoms with Gasteiger partial charge in [0.15, 0.2) is 5.17 Å². The number of rotatable bonds is 6. The van der Waals surface area contributed by atoms with E-state index in [0.29, 0.717) is 28.8 Å². The largest absolute Gasteiger partial charge is 0.489 e. The summed E-state index contributed by atoms with van der Waals surface area (Å²) in [6, 6.07) is 16.9. The standard InChI is InChI=1S/C24H24N2O4S/c1-4-29-23(28)20-15(2)25-24-26(22(27)16(3)31-24)21(20)18-10-12-19(13-11-18)30-14-17-8-6-5-7-9-17/h5-13,16,21H,4,14H2,1-3H3/t16-,21-/m1/s1. The molecule has 2 heterocycles. The molecule has 0 unspecified atom stereocenters. The first-order valence-corrected chi connectivity index (χ1v) is 11.1. The molecule has 6 nitrogen and oxygen atoms in total. The van der Waals surface area contributed by atoms with Crippen LogP contribution in [0.4, 0.5) is 0 Å². The molecule has 0 spiro atoms. The van der Waals surface area contributed by atoms with E-state index in [-0.39, 0.29) is 17.8 Å². The third-order valence-corrected chi connectivity index (χ3v) is 6.25. The molecule has 2 aromatic rings. The molecule has 160 valence electrons. The fourth-order valence-electron chi connectivity index (χ4n) is 3.68. The molecule has 0 N–H and O–H groups in total. The minimum atomic E-state index is -0.570. The molecular weight excluding hydrogens is 412 g/mol. The van der Waals surface area contributed by atoms with Crippen LogP contribution in [0.15, 0.2) is 70.9 Å². The third kappa shape index (κ3) is 4.23. The van der Waals surface area contributed by atoms with E-state index in [2.05, 4.69) is 4.99 Å². The number of nitrogens with zero attached hydrogens (tertiary/aromatic N) is 2. The number of hydrogen-bond acceptors (Lipinski definition) is 6. The molecule has 0 aromatic heterocycles. The molecule has 2 aliphatic rings. The number of carbonyl (C=O) groups is 2. The first kappa shape index (κ1) is 21.2. The lowest BCUT2D eigenvalue weighted by Crippen LogP contribution is -2.40. The van der Waals surface area contributed by atoms with Crippen LogP contribution in [0, 0.1) is 0 Å². The van der Waals surface area contributed by atoms with E-state index in [9.17, 15) is 9.59 Å². The van der Waals surface area contributed by atoms with Crippen LogP contribution in [0.25, 0.3) is 0 Å². The highest BCUT2D eigenvalue weighted by Gasteiger charge is 2.46. The van der Waals surface area contributed by atoms with Gasteiger partial charge < -0.3 is 9.47 Å². The summed E-state index contributed by atoms with van der Waals surface area (Å²) < 4.78 is 11.2. The zero-order valence-electron chi connectivity index (χ0n) is 17.7. The van der Waals surface area contributed by atoms with Crippen molar-refractivity contribution >= 4 is 28.8 Å². The Morgan fingerprint density at radius 3 is 2.52 bits per heavy atom. The quantitative estimate of drug-likeness (QED) is 0.625. The molecule has 0 bridgehead atoms. The highest BCUT2D eigenvalue weighted by molar-refractivity contribution is 8.15. The Morgan fingerprint density at radius 2 is 1.84 bits per heavy atom. The molecule has 0 aliphatic carbocycles. The van der Waals surface area contributed by atoms with Crippen LogP contribution in [-0.4, -0.2) is 33.8 Å². The van der Waals surface area contributed by atoms with Crippen molar-refractivity contribution in [1.29, 1.82) is 0 Å². The molecule has 0 radical (unpaired) electrons. The summed E-state index contributed by atoms with van der Waals surface area (Å²) in [5, 5.41) is 0.376. The molecular formula is C24H24N2O4S. The minimum absolute atomic E-state index is 0.0625. The molecule has 1 amide bonds. The molecule has 1 saturated heterocycles. The number of benzene rings is 2. The Bertz CT molecular complexity index is 1050. The average molecular weight is 437 g/mol. The van der Waals surface area contributed by atoms with E-state index < -0.39 is 12.0 Å². The SMILES string of the molecule is CCOC(=O)C1=C(C)N=C2S[C@H](C)C(=O)N2[C@@H]1c1ccc(OCc2ccccc2)cc1. The van der Waals surface area contributed by atoms with Crippen molar-refractivity contribution in [1.82, 2.24) is 4.90 Å². The highest BCUT2D eigenvalue weighted by Crippen LogP contribution is 2.43. The van der Waals surface area contributed by atoms with Gasteiger partial charge in [0, 0.05) is 0 Å². The van der Waals surface area contributed by atoms with E-state index in [0.717, 1.165) is 11.1 Å². The van der Waals surface area contributed by atoms with Crippen LogP contribution < -0.4 is 4.74 Å². The summed E-state index contributed by atoms with van der Waals surface area (Å²) in [7, 11) is 0. The molecule has 2 aromatic carbocycles. The number of esters is 1. The maximum Gasteiger partial charge on any atom is 0.338 e. The monoisotopic (exact) mass is 436 g/mol. The molecule has 7 heteroatoms. The predicted octanol–water partition coefficient (Wildman–Crippen LogP) is 4.48. The van der Waals surface area contributed by atoms with E-state index in [4.69, 9.17) is 9.47 Å². The van der Waals surface area contributed by atoms with Crippen molar-refractivity contribution < 1.29 is 19.1 Å². The van der Waals surface area contributed by atoms with Gasteiger partial charge in [0.25, 0.3) is 0 Å². The van der Waals surface area contributed by atoms with E-state index >= 15 is 0 Å². The number of ether oxygens (including phenoxy) is 2. The van der Waals surface area contributed by atoms with Crippen molar-refractivity contribution in [2.45, 2.75) is 38.7 Å². The van der Waals surface area contributed by atoms with Crippen LogP contribution >= 0.6 is 11.8 Å². The van der Waals surface area contributed by atoms with Gasteiger partial charge in [-0.05, 0) is 44.0 Å². The van der Waals surface area contributed by atoms with Gasteiger partial charge in [-0.1, -0.05) is 54.2 Å². The first-order chi connectivity index (χ1) is 15.0. The Kier molecular flexibility index (Phi) is 6.13. The highest BCUT2D eigenvalue weighted by atomic mass is 32.2. The molecule has 2 aliphatic heterocycles. The van der Waals surface area contributed by atoms with Gasteiger partial charge in [0.1, 0.15) is 12.4 Å². The lowest BCUT2D eigenvalue weighted by atomic mass is 9.94. The second kappa shape index (κ2) is 8.98. The summed E-state index contributed by atoms with van der Waals surface area (Å²) in [6.45, 7) is 6.12. The Morgan fingerprint density at radius 1 is 1.13 bits per heavy atom. The smallest absolute Gasteiger partial charge is 0.338 e.